The number of hydrogen-bond acceptors (Lipinski definition) is 8. The summed E-state index contributed by atoms with van der Waals surface area (Å²) in [6, 6.07) is 12.6. The van der Waals surface area contributed by atoms with Gasteiger partial charge >= 0.3 is 7.12 Å². The van der Waals surface area contributed by atoms with Crippen molar-refractivity contribution in [3.63, 3.8) is 0 Å². The van der Waals surface area contributed by atoms with E-state index < -0.39 is 13.0 Å². The lowest BCUT2D eigenvalue weighted by atomic mass is 9.79. The number of benzene rings is 2. The fourth-order valence-electron chi connectivity index (χ4n) is 4.07. The van der Waals surface area contributed by atoms with Crippen LogP contribution in [0.5, 0.6) is 0 Å². The average Bonchev–Trinajstić information content (AvgIpc) is 3.40. The van der Waals surface area contributed by atoms with Crippen LogP contribution < -0.4 is 16.5 Å². The molecule has 1 aliphatic rings. The molecule has 0 fully saturated rings. The maximum Gasteiger partial charge on any atom is 0.488 e. The predicted molar refractivity (Wildman–Crippen MR) is 128 cm³/mol. The third-order valence-corrected chi connectivity index (χ3v) is 6.82. The number of nitrogens with one attached hydrogen (secondary N) is 1. The summed E-state index contributed by atoms with van der Waals surface area (Å²) in [6.07, 6.45) is 0. The molecule has 3 heterocycles. The van der Waals surface area contributed by atoms with Crippen molar-refractivity contribution in [2.45, 2.75) is 26.7 Å². The first-order chi connectivity index (χ1) is 15.9. The molecule has 1 aliphatic heterocycles. The number of ether oxygens (including phenoxy) is 1. The summed E-state index contributed by atoms with van der Waals surface area (Å²) in [6.45, 7) is 3.25. The second-order valence-corrected chi connectivity index (χ2v) is 9.09. The van der Waals surface area contributed by atoms with Crippen LogP contribution in [0.1, 0.15) is 32.1 Å². The van der Waals surface area contributed by atoms with Crippen molar-refractivity contribution in [2.75, 3.05) is 5.32 Å². The van der Waals surface area contributed by atoms with Gasteiger partial charge in [-0.3, -0.25) is 4.79 Å². The summed E-state index contributed by atoms with van der Waals surface area (Å²) < 4.78 is 6.46. The minimum absolute atomic E-state index is 0.402. The number of amides is 1. The van der Waals surface area contributed by atoms with Crippen LogP contribution in [0.25, 0.3) is 21.5 Å². The highest BCUT2D eigenvalue weighted by molar-refractivity contribution is 7.20. The fraction of sp³-hybridized carbons (Fsp3) is 0.174. The highest BCUT2D eigenvalue weighted by Crippen LogP contribution is 2.40. The molecule has 0 spiro atoms. The number of aryl methyl sites for hydroxylation is 1. The summed E-state index contributed by atoms with van der Waals surface area (Å²) in [4.78, 5) is 22.5. The topological polar surface area (TPSA) is 131 Å². The Morgan fingerprint density at radius 2 is 2.03 bits per heavy atom. The molecular formula is C23H21BN4O4S. The minimum Gasteiger partial charge on any atom is -0.423 e. The van der Waals surface area contributed by atoms with Crippen LogP contribution in [-0.4, -0.2) is 33.0 Å². The molecule has 5 rings (SSSR count). The first-order valence-corrected chi connectivity index (χ1v) is 11.2. The van der Waals surface area contributed by atoms with Gasteiger partial charge in [0.1, 0.15) is 5.82 Å². The van der Waals surface area contributed by atoms with Crippen molar-refractivity contribution < 1.29 is 19.6 Å². The maximum atomic E-state index is 11.9. The van der Waals surface area contributed by atoms with Crippen molar-refractivity contribution in [3.05, 3.63) is 69.7 Å². The standard InChI is InChI=1S/C23H21BN4O4S/c1-12-19(15-6-3-7-16(21(25)29)20(15)33-12)23-27-18-11-32-10-17(18)22(28-23)26-9-13-4-2-5-14(8-13)24(30)31/h2-8,30-31H,9-11H2,1H3,(H2,25,29)(H,26,27,28). The van der Waals surface area contributed by atoms with Crippen molar-refractivity contribution in [1.82, 2.24) is 9.97 Å². The maximum absolute atomic E-state index is 11.9. The van der Waals surface area contributed by atoms with E-state index in [0.717, 1.165) is 37.3 Å². The monoisotopic (exact) mass is 460 g/mol. The van der Waals surface area contributed by atoms with E-state index in [2.05, 4.69) is 5.32 Å². The van der Waals surface area contributed by atoms with Crippen LogP contribution >= 0.6 is 11.3 Å². The van der Waals surface area contributed by atoms with Gasteiger partial charge < -0.3 is 25.8 Å². The Balaban J connectivity index is 1.56. The number of rotatable bonds is 6. The Labute approximate surface area is 194 Å². The molecule has 8 nitrogen and oxygen atoms in total. The van der Waals surface area contributed by atoms with Gasteiger partial charge in [-0.2, -0.15) is 0 Å². The molecule has 0 atom stereocenters. The number of aromatic nitrogens is 2. The zero-order chi connectivity index (χ0) is 23.1. The van der Waals surface area contributed by atoms with Gasteiger partial charge in [0.2, 0.25) is 5.91 Å². The summed E-state index contributed by atoms with van der Waals surface area (Å²) in [5, 5.41) is 23.1. The van der Waals surface area contributed by atoms with Crippen molar-refractivity contribution in [1.29, 1.82) is 0 Å². The van der Waals surface area contributed by atoms with E-state index in [4.69, 9.17) is 20.4 Å². The summed E-state index contributed by atoms with van der Waals surface area (Å²) in [5.74, 6) is 0.771. The van der Waals surface area contributed by atoms with Gasteiger partial charge in [-0.05, 0) is 24.0 Å². The van der Waals surface area contributed by atoms with Crippen molar-refractivity contribution in [2.24, 2.45) is 5.73 Å². The molecule has 0 unspecified atom stereocenters. The lowest BCUT2D eigenvalue weighted by molar-refractivity contribution is 0.100. The Hall–Kier alpha value is -3.31. The molecule has 2 aromatic heterocycles. The molecule has 0 saturated carbocycles. The zero-order valence-corrected chi connectivity index (χ0v) is 18.6. The summed E-state index contributed by atoms with van der Waals surface area (Å²) in [5.41, 5.74) is 9.99. The third-order valence-electron chi connectivity index (χ3n) is 5.67. The minimum atomic E-state index is -1.52. The number of carbonyl (C=O) groups excluding carboxylic acids is 1. The smallest absolute Gasteiger partial charge is 0.423 e. The number of hydrogen-bond donors (Lipinski definition) is 4. The number of nitrogens with zero attached hydrogens (tertiary/aromatic N) is 2. The molecule has 0 saturated heterocycles. The van der Waals surface area contributed by atoms with Gasteiger partial charge in [-0.15, -0.1) is 11.3 Å². The Kier molecular flexibility index (Phi) is 5.59. The number of nitrogens with two attached hydrogens (primary N) is 1. The molecule has 0 aliphatic carbocycles. The van der Waals surface area contributed by atoms with E-state index in [-0.39, 0.29) is 0 Å². The molecule has 10 heteroatoms. The van der Waals surface area contributed by atoms with Crippen molar-refractivity contribution in [3.8, 4) is 11.4 Å². The molecular weight excluding hydrogens is 439 g/mol. The molecule has 0 bridgehead atoms. The van der Waals surface area contributed by atoms with Crippen LogP contribution in [0, 0.1) is 6.92 Å². The van der Waals surface area contributed by atoms with Gasteiger partial charge in [0.25, 0.3) is 0 Å². The highest BCUT2D eigenvalue weighted by atomic mass is 32.1. The SMILES string of the molecule is Cc1sc2c(C(N)=O)cccc2c1-c1nc2c(c(NCc3cccc(B(O)O)c3)n1)COC2. The normalized spacial score (nSPS) is 12.7. The van der Waals surface area contributed by atoms with Crippen LogP contribution in [0.4, 0.5) is 5.82 Å². The van der Waals surface area contributed by atoms with E-state index >= 15 is 0 Å². The third kappa shape index (κ3) is 3.98. The fourth-order valence-corrected chi connectivity index (χ4v) is 5.24. The van der Waals surface area contributed by atoms with Gasteiger partial charge in [0.05, 0.1) is 24.5 Å². The number of thiophene rings is 1. The lowest BCUT2D eigenvalue weighted by Crippen LogP contribution is -2.30. The molecule has 0 radical (unpaired) electrons. The number of carbonyl (C=O) groups is 1. The largest absolute Gasteiger partial charge is 0.488 e. The lowest BCUT2D eigenvalue weighted by Gasteiger charge is -2.12. The first-order valence-electron chi connectivity index (χ1n) is 10.4. The molecule has 5 N–H and O–H groups in total. The van der Waals surface area contributed by atoms with E-state index in [9.17, 15) is 14.8 Å². The van der Waals surface area contributed by atoms with Crippen LogP contribution in [0.3, 0.4) is 0 Å². The predicted octanol–water partition coefficient (Wildman–Crippen LogP) is 2.09. The van der Waals surface area contributed by atoms with Gasteiger partial charge in [0, 0.05) is 32.6 Å². The molecule has 4 aromatic rings. The van der Waals surface area contributed by atoms with Crippen molar-refractivity contribution >= 4 is 45.7 Å². The van der Waals surface area contributed by atoms with Crippen LogP contribution in [-0.2, 0) is 24.5 Å². The number of primary amides is 1. The molecule has 2 aromatic carbocycles. The van der Waals surface area contributed by atoms with E-state index in [0.29, 0.717) is 42.4 Å². The quantitative estimate of drug-likeness (QED) is 0.324. The molecule has 33 heavy (non-hydrogen) atoms. The number of fused-ring (bicyclic) bond motifs is 2. The second-order valence-electron chi connectivity index (χ2n) is 7.87. The second kappa shape index (κ2) is 8.56. The van der Waals surface area contributed by atoms with Gasteiger partial charge in [0.15, 0.2) is 5.82 Å². The first kappa shape index (κ1) is 21.5. The van der Waals surface area contributed by atoms with E-state index in [1.165, 1.54) is 11.3 Å². The molecule has 166 valence electrons. The number of anilines is 1. The average molecular weight is 460 g/mol. The highest BCUT2D eigenvalue weighted by Gasteiger charge is 2.24. The zero-order valence-electron chi connectivity index (χ0n) is 17.8. The van der Waals surface area contributed by atoms with Crippen LogP contribution in [0.2, 0.25) is 0 Å². The Bertz CT molecular complexity index is 1390. The summed E-state index contributed by atoms with van der Waals surface area (Å²) >= 11 is 1.50. The molecule has 1 amide bonds. The Morgan fingerprint density at radius 3 is 2.82 bits per heavy atom. The Morgan fingerprint density at radius 1 is 1.21 bits per heavy atom. The summed E-state index contributed by atoms with van der Waals surface area (Å²) in [7, 11) is -1.52. The van der Waals surface area contributed by atoms with E-state index in [1.54, 1.807) is 24.3 Å². The van der Waals surface area contributed by atoms with E-state index in [1.807, 2.05) is 25.1 Å². The van der Waals surface area contributed by atoms with Gasteiger partial charge in [-0.1, -0.05) is 36.4 Å². The van der Waals surface area contributed by atoms with Gasteiger partial charge in [-0.25, -0.2) is 9.97 Å². The van der Waals surface area contributed by atoms with Crippen LogP contribution in [0.15, 0.2) is 42.5 Å².